The highest BCUT2D eigenvalue weighted by molar-refractivity contribution is 7.90. The molecule has 2 aromatic carbocycles. The Bertz CT molecular complexity index is 1480. The Kier molecular flexibility index (Phi) is 3.78. The van der Waals surface area contributed by atoms with Gasteiger partial charge in [-0.15, -0.1) is 0 Å². The van der Waals surface area contributed by atoms with Crippen molar-refractivity contribution in [1.82, 2.24) is 25.0 Å². The van der Waals surface area contributed by atoms with E-state index in [-0.39, 0.29) is 0 Å². The predicted molar refractivity (Wildman–Crippen MR) is 112 cm³/mol. The van der Waals surface area contributed by atoms with E-state index in [0.29, 0.717) is 4.90 Å². The molecule has 0 aliphatic heterocycles. The Hall–Kier alpha value is -3.52. The highest BCUT2D eigenvalue weighted by Gasteiger charge is 2.15. The largest absolute Gasteiger partial charge is 0.278 e. The van der Waals surface area contributed by atoms with Gasteiger partial charge >= 0.3 is 0 Å². The number of hydrogen-bond acceptors (Lipinski definition) is 5. The molecule has 0 spiro atoms. The summed E-state index contributed by atoms with van der Waals surface area (Å²) in [7, 11) is -1.39. The third kappa shape index (κ3) is 2.89. The molecule has 0 saturated heterocycles. The molecule has 5 aromatic rings. The second-order valence-corrected chi connectivity index (χ2v) is 9.01. The van der Waals surface area contributed by atoms with E-state index in [4.69, 9.17) is 4.98 Å². The molecule has 7 nitrogen and oxygen atoms in total. The van der Waals surface area contributed by atoms with Gasteiger partial charge in [0.15, 0.2) is 15.5 Å². The summed E-state index contributed by atoms with van der Waals surface area (Å²) in [6.07, 6.45) is 4.78. The average molecular weight is 403 g/mol. The summed E-state index contributed by atoms with van der Waals surface area (Å²) in [4.78, 5) is 5.13. The smallest absolute Gasteiger partial charge is 0.175 e. The van der Waals surface area contributed by atoms with Gasteiger partial charge in [-0.3, -0.25) is 9.78 Å². The lowest BCUT2D eigenvalue weighted by molar-refractivity contribution is 0.602. The quantitative estimate of drug-likeness (QED) is 0.497. The summed E-state index contributed by atoms with van der Waals surface area (Å²) in [5.41, 5.74) is 5.30. The summed E-state index contributed by atoms with van der Waals surface area (Å²) in [5.74, 6) is 0. The van der Waals surface area contributed by atoms with Crippen molar-refractivity contribution in [3.63, 3.8) is 0 Å². The highest BCUT2D eigenvalue weighted by Crippen LogP contribution is 2.34. The van der Waals surface area contributed by atoms with E-state index in [0.717, 1.165) is 44.3 Å². The molecule has 0 radical (unpaired) electrons. The number of fused-ring (bicyclic) bond motifs is 2. The molecule has 0 atom stereocenters. The number of aromatic amines is 1. The fourth-order valence-corrected chi connectivity index (χ4v) is 4.19. The Morgan fingerprint density at radius 3 is 2.52 bits per heavy atom. The Morgan fingerprint density at radius 2 is 1.76 bits per heavy atom. The third-order valence-corrected chi connectivity index (χ3v) is 6.19. The number of hydrogen-bond donors (Lipinski definition) is 1. The fourth-order valence-electron chi connectivity index (χ4n) is 3.56. The molecule has 1 N–H and O–H groups in total. The number of benzene rings is 2. The molecule has 0 unspecified atom stereocenters. The van der Waals surface area contributed by atoms with Crippen molar-refractivity contribution in [3.05, 3.63) is 60.9 Å². The van der Waals surface area contributed by atoms with E-state index in [2.05, 4.69) is 15.3 Å². The molecule has 3 heterocycles. The number of nitrogens with one attached hydrogen (secondary N) is 1. The summed E-state index contributed by atoms with van der Waals surface area (Å²) >= 11 is 0. The summed E-state index contributed by atoms with van der Waals surface area (Å²) in [6.45, 7) is 0. The Morgan fingerprint density at radius 1 is 0.966 bits per heavy atom. The van der Waals surface area contributed by atoms with Crippen LogP contribution in [0.2, 0.25) is 0 Å². The number of H-pyrrole nitrogens is 1. The molecule has 0 saturated carbocycles. The molecule has 0 aliphatic carbocycles. The zero-order chi connectivity index (χ0) is 20.2. The molecular formula is C21H17N5O2S. The van der Waals surface area contributed by atoms with Crippen molar-refractivity contribution >= 4 is 31.8 Å². The SMILES string of the molecule is Cn1ncc2c(-c3ccc(S(C)(=O)=O)cc3)cc(-c3cccc4[nH]ncc34)nc21. The maximum atomic E-state index is 11.8. The van der Waals surface area contributed by atoms with Crippen LogP contribution in [0.3, 0.4) is 0 Å². The molecule has 0 bridgehead atoms. The minimum atomic E-state index is -3.25. The van der Waals surface area contributed by atoms with Crippen molar-refractivity contribution in [2.24, 2.45) is 7.05 Å². The minimum Gasteiger partial charge on any atom is -0.278 e. The van der Waals surface area contributed by atoms with Gasteiger partial charge in [-0.05, 0) is 35.4 Å². The summed E-state index contributed by atoms with van der Waals surface area (Å²) in [5, 5.41) is 13.4. The first-order valence-corrected chi connectivity index (χ1v) is 10.9. The molecule has 144 valence electrons. The van der Waals surface area contributed by atoms with Gasteiger partial charge in [-0.2, -0.15) is 10.2 Å². The number of aryl methyl sites for hydroxylation is 1. The van der Waals surface area contributed by atoms with Gasteiger partial charge in [0.05, 0.1) is 28.5 Å². The zero-order valence-corrected chi connectivity index (χ0v) is 16.6. The van der Waals surface area contributed by atoms with Crippen LogP contribution in [-0.4, -0.2) is 39.6 Å². The summed E-state index contributed by atoms with van der Waals surface area (Å²) < 4.78 is 25.3. The molecule has 0 fully saturated rings. The molecule has 8 heteroatoms. The third-order valence-electron chi connectivity index (χ3n) is 5.06. The van der Waals surface area contributed by atoms with Crippen molar-refractivity contribution < 1.29 is 8.42 Å². The van der Waals surface area contributed by atoms with Gasteiger partial charge in [-0.1, -0.05) is 24.3 Å². The van der Waals surface area contributed by atoms with Crippen molar-refractivity contribution in [3.8, 4) is 22.4 Å². The fraction of sp³-hybridized carbons (Fsp3) is 0.0952. The van der Waals surface area contributed by atoms with E-state index >= 15 is 0 Å². The van der Waals surface area contributed by atoms with Crippen LogP contribution >= 0.6 is 0 Å². The van der Waals surface area contributed by atoms with Crippen LogP contribution in [-0.2, 0) is 16.9 Å². The maximum Gasteiger partial charge on any atom is 0.175 e. The van der Waals surface area contributed by atoms with E-state index in [9.17, 15) is 8.42 Å². The van der Waals surface area contributed by atoms with Gasteiger partial charge < -0.3 is 0 Å². The molecule has 0 aliphatic rings. The summed E-state index contributed by atoms with van der Waals surface area (Å²) in [6, 6.07) is 14.9. The van der Waals surface area contributed by atoms with Crippen molar-refractivity contribution in [2.45, 2.75) is 4.90 Å². The monoisotopic (exact) mass is 403 g/mol. The molecule has 29 heavy (non-hydrogen) atoms. The Balaban J connectivity index is 1.77. The lowest BCUT2D eigenvalue weighted by Gasteiger charge is -2.09. The normalized spacial score (nSPS) is 12.1. The van der Waals surface area contributed by atoms with Crippen LogP contribution in [0.5, 0.6) is 0 Å². The van der Waals surface area contributed by atoms with Crippen LogP contribution in [0.4, 0.5) is 0 Å². The van der Waals surface area contributed by atoms with E-state index in [1.54, 1.807) is 29.2 Å². The lowest BCUT2D eigenvalue weighted by Crippen LogP contribution is -1.97. The first-order chi connectivity index (χ1) is 13.9. The molecule has 5 rings (SSSR count). The predicted octanol–water partition coefficient (Wildman–Crippen LogP) is 3.58. The van der Waals surface area contributed by atoms with Gasteiger partial charge in [0.1, 0.15) is 0 Å². The average Bonchev–Trinajstić information content (AvgIpc) is 3.33. The van der Waals surface area contributed by atoms with Crippen molar-refractivity contribution in [2.75, 3.05) is 6.26 Å². The number of nitrogens with zero attached hydrogens (tertiary/aromatic N) is 4. The topological polar surface area (TPSA) is 93.5 Å². The number of sulfone groups is 1. The molecule has 0 amide bonds. The van der Waals surface area contributed by atoms with Gasteiger partial charge in [-0.25, -0.2) is 13.4 Å². The highest BCUT2D eigenvalue weighted by atomic mass is 32.2. The van der Waals surface area contributed by atoms with Crippen molar-refractivity contribution in [1.29, 1.82) is 0 Å². The van der Waals surface area contributed by atoms with E-state index in [1.165, 1.54) is 6.26 Å². The van der Waals surface area contributed by atoms with E-state index in [1.807, 2.05) is 43.4 Å². The van der Waals surface area contributed by atoms with Gasteiger partial charge in [0.25, 0.3) is 0 Å². The minimum absolute atomic E-state index is 0.293. The molecule has 3 aromatic heterocycles. The lowest BCUT2D eigenvalue weighted by atomic mass is 9.99. The van der Waals surface area contributed by atoms with Crippen LogP contribution < -0.4 is 0 Å². The second kappa shape index (κ2) is 6.25. The number of pyridine rings is 1. The Labute approximate surface area is 166 Å². The van der Waals surface area contributed by atoms with Crippen LogP contribution in [0.15, 0.2) is 65.8 Å². The van der Waals surface area contributed by atoms with Gasteiger partial charge in [0.2, 0.25) is 0 Å². The van der Waals surface area contributed by atoms with Crippen LogP contribution in [0.1, 0.15) is 0 Å². The zero-order valence-electron chi connectivity index (χ0n) is 15.8. The number of aromatic nitrogens is 5. The van der Waals surface area contributed by atoms with E-state index < -0.39 is 9.84 Å². The maximum absolute atomic E-state index is 11.8. The van der Waals surface area contributed by atoms with Crippen LogP contribution in [0, 0.1) is 0 Å². The first-order valence-electron chi connectivity index (χ1n) is 8.97. The first kappa shape index (κ1) is 17.6. The van der Waals surface area contributed by atoms with Crippen LogP contribution in [0.25, 0.3) is 44.3 Å². The standard InChI is InChI=1S/C21H17N5O2S/c1-26-21-18(12-23-26)16(13-6-8-14(9-7-13)29(2,27)28)10-20(24-21)15-4-3-5-19-17(15)11-22-25-19/h3-12H,1-2H3,(H,22,25). The molecular weight excluding hydrogens is 386 g/mol. The van der Waals surface area contributed by atoms with Gasteiger partial charge in [0, 0.05) is 29.6 Å². The number of rotatable bonds is 3. The second-order valence-electron chi connectivity index (χ2n) is 6.99.